The number of nitrogens with one attached hydrogen (secondary N) is 1. The molecule has 2 aromatic rings. The van der Waals surface area contributed by atoms with Gasteiger partial charge in [-0.3, -0.25) is 0 Å². The SMILES string of the molecule is N#Cc1ccc(Nc2cc(C#N)ccc2Cl)c(Br)c1. The van der Waals surface area contributed by atoms with Crippen LogP contribution >= 0.6 is 27.5 Å². The molecule has 0 bridgehead atoms. The summed E-state index contributed by atoms with van der Waals surface area (Å²) in [6.45, 7) is 0. The molecule has 5 heteroatoms. The second-order valence-electron chi connectivity index (χ2n) is 3.74. The fourth-order valence-electron chi connectivity index (χ4n) is 1.52. The van der Waals surface area contributed by atoms with E-state index in [4.69, 9.17) is 22.1 Å². The first kappa shape index (κ1) is 13.4. The Morgan fingerprint density at radius 1 is 0.947 bits per heavy atom. The van der Waals surface area contributed by atoms with Crippen LogP contribution in [0.15, 0.2) is 40.9 Å². The number of rotatable bonds is 2. The van der Waals surface area contributed by atoms with Gasteiger partial charge in [-0.05, 0) is 52.3 Å². The Morgan fingerprint density at radius 3 is 2.21 bits per heavy atom. The predicted octanol–water partition coefficient (Wildman–Crippen LogP) is 4.59. The lowest BCUT2D eigenvalue weighted by atomic mass is 10.2. The second kappa shape index (κ2) is 5.75. The summed E-state index contributed by atoms with van der Waals surface area (Å²) in [6, 6.07) is 14.3. The number of hydrogen-bond acceptors (Lipinski definition) is 3. The van der Waals surface area contributed by atoms with Gasteiger partial charge in [0.05, 0.1) is 39.7 Å². The summed E-state index contributed by atoms with van der Waals surface area (Å²) >= 11 is 9.46. The largest absolute Gasteiger partial charge is 0.353 e. The summed E-state index contributed by atoms with van der Waals surface area (Å²) in [5.41, 5.74) is 2.51. The normalized spacial score (nSPS) is 9.47. The molecule has 3 nitrogen and oxygen atoms in total. The second-order valence-corrected chi connectivity index (χ2v) is 5.00. The number of anilines is 2. The Kier molecular flexibility index (Phi) is 4.06. The fourth-order valence-corrected chi connectivity index (χ4v) is 2.16. The highest BCUT2D eigenvalue weighted by molar-refractivity contribution is 9.10. The summed E-state index contributed by atoms with van der Waals surface area (Å²) in [7, 11) is 0. The van der Waals surface area contributed by atoms with Crippen molar-refractivity contribution in [3.63, 3.8) is 0 Å². The average molecular weight is 333 g/mol. The van der Waals surface area contributed by atoms with E-state index in [1.54, 1.807) is 36.4 Å². The molecule has 1 N–H and O–H groups in total. The van der Waals surface area contributed by atoms with Gasteiger partial charge in [0.2, 0.25) is 0 Å². The maximum Gasteiger partial charge on any atom is 0.0992 e. The zero-order valence-corrected chi connectivity index (χ0v) is 12.0. The van der Waals surface area contributed by atoms with Crippen molar-refractivity contribution in [2.45, 2.75) is 0 Å². The topological polar surface area (TPSA) is 59.6 Å². The average Bonchev–Trinajstić information content (AvgIpc) is 2.43. The third-order valence-corrected chi connectivity index (χ3v) is 3.45. The predicted molar refractivity (Wildman–Crippen MR) is 78.3 cm³/mol. The molecule has 0 fully saturated rings. The van der Waals surface area contributed by atoms with Crippen molar-refractivity contribution in [3.05, 3.63) is 57.0 Å². The van der Waals surface area contributed by atoms with Gasteiger partial charge in [0, 0.05) is 4.47 Å². The van der Waals surface area contributed by atoms with E-state index >= 15 is 0 Å². The summed E-state index contributed by atoms with van der Waals surface area (Å²) < 4.78 is 0.755. The smallest absolute Gasteiger partial charge is 0.0992 e. The summed E-state index contributed by atoms with van der Waals surface area (Å²) in [4.78, 5) is 0. The van der Waals surface area contributed by atoms with Gasteiger partial charge in [0.25, 0.3) is 0 Å². The van der Waals surface area contributed by atoms with Gasteiger partial charge in [-0.1, -0.05) is 11.6 Å². The van der Waals surface area contributed by atoms with Crippen LogP contribution in [-0.2, 0) is 0 Å². The minimum atomic E-state index is 0.523. The molecular weight excluding hydrogens is 326 g/mol. The monoisotopic (exact) mass is 331 g/mol. The van der Waals surface area contributed by atoms with Gasteiger partial charge in [-0.25, -0.2) is 0 Å². The van der Waals surface area contributed by atoms with Crippen LogP contribution in [0.4, 0.5) is 11.4 Å². The van der Waals surface area contributed by atoms with E-state index in [1.165, 1.54) is 0 Å². The zero-order valence-electron chi connectivity index (χ0n) is 9.61. The van der Waals surface area contributed by atoms with Crippen molar-refractivity contribution in [1.82, 2.24) is 0 Å². The molecule has 92 valence electrons. The zero-order chi connectivity index (χ0) is 13.8. The number of halogens is 2. The van der Waals surface area contributed by atoms with Gasteiger partial charge < -0.3 is 5.32 Å². The molecule has 0 saturated carbocycles. The summed E-state index contributed by atoms with van der Waals surface area (Å²) in [5, 5.41) is 21.3. The lowest BCUT2D eigenvalue weighted by Gasteiger charge is -2.10. The first-order valence-corrected chi connectivity index (χ1v) is 6.47. The molecule has 0 radical (unpaired) electrons. The van der Waals surface area contributed by atoms with E-state index in [1.807, 2.05) is 0 Å². The van der Waals surface area contributed by atoms with Gasteiger partial charge in [-0.15, -0.1) is 0 Å². The Labute approximate surface area is 124 Å². The van der Waals surface area contributed by atoms with Crippen LogP contribution in [-0.4, -0.2) is 0 Å². The van der Waals surface area contributed by atoms with Crippen LogP contribution in [0.2, 0.25) is 5.02 Å². The fraction of sp³-hybridized carbons (Fsp3) is 0. The van der Waals surface area contributed by atoms with E-state index in [-0.39, 0.29) is 0 Å². The lowest BCUT2D eigenvalue weighted by Crippen LogP contribution is -1.93. The van der Waals surface area contributed by atoms with Crippen molar-refractivity contribution < 1.29 is 0 Å². The third-order valence-electron chi connectivity index (χ3n) is 2.46. The van der Waals surface area contributed by atoms with Crippen molar-refractivity contribution >= 4 is 38.9 Å². The van der Waals surface area contributed by atoms with Gasteiger partial charge in [0.1, 0.15) is 0 Å². The van der Waals surface area contributed by atoms with E-state index in [9.17, 15) is 0 Å². The Bertz CT molecular complexity index is 714. The molecule has 0 aliphatic rings. The van der Waals surface area contributed by atoms with E-state index < -0.39 is 0 Å². The standard InChI is InChI=1S/C14H7BrClN3/c15-11-5-9(7-17)2-4-13(11)19-14-6-10(8-18)1-3-12(14)16/h1-6,19H. The van der Waals surface area contributed by atoms with E-state index in [2.05, 4.69) is 33.4 Å². The minimum absolute atomic E-state index is 0.523. The van der Waals surface area contributed by atoms with Crippen LogP contribution in [0, 0.1) is 22.7 Å². The molecule has 2 rings (SSSR count). The lowest BCUT2D eigenvalue weighted by molar-refractivity contribution is 1.45. The van der Waals surface area contributed by atoms with Gasteiger partial charge >= 0.3 is 0 Å². The quantitative estimate of drug-likeness (QED) is 0.875. The van der Waals surface area contributed by atoms with Crippen LogP contribution in [0.1, 0.15) is 11.1 Å². The summed E-state index contributed by atoms with van der Waals surface area (Å²) in [6.07, 6.45) is 0. The molecule has 0 unspecified atom stereocenters. The third kappa shape index (κ3) is 3.06. The van der Waals surface area contributed by atoms with E-state index in [0.29, 0.717) is 21.8 Å². The van der Waals surface area contributed by atoms with Crippen LogP contribution in [0.25, 0.3) is 0 Å². The Balaban J connectivity index is 2.37. The van der Waals surface area contributed by atoms with E-state index in [0.717, 1.165) is 10.2 Å². The summed E-state index contributed by atoms with van der Waals surface area (Å²) in [5.74, 6) is 0. The highest BCUT2D eigenvalue weighted by Gasteiger charge is 2.06. The molecule has 0 aliphatic heterocycles. The minimum Gasteiger partial charge on any atom is -0.353 e. The highest BCUT2D eigenvalue weighted by Crippen LogP contribution is 2.31. The van der Waals surface area contributed by atoms with Crippen molar-refractivity contribution in [3.8, 4) is 12.1 Å². The van der Waals surface area contributed by atoms with Crippen LogP contribution in [0.5, 0.6) is 0 Å². The Hall–Kier alpha value is -2.01. The Morgan fingerprint density at radius 2 is 1.58 bits per heavy atom. The molecule has 2 aromatic carbocycles. The molecular formula is C14H7BrClN3. The maximum absolute atomic E-state index is 8.88. The molecule has 0 aromatic heterocycles. The van der Waals surface area contributed by atoms with Crippen molar-refractivity contribution in [1.29, 1.82) is 10.5 Å². The van der Waals surface area contributed by atoms with Gasteiger partial charge in [0.15, 0.2) is 0 Å². The number of hydrogen-bond donors (Lipinski definition) is 1. The van der Waals surface area contributed by atoms with Crippen LogP contribution < -0.4 is 5.32 Å². The molecule has 0 aliphatic carbocycles. The first-order chi connectivity index (χ1) is 9.13. The maximum atomic E-state index is 8.88. The highest BCUT2D eigenvalue weighted by atomic mass is 79.9. The molecule has 0 saturated heterocycles. The molecule has 19 heavy (non-hydrogen) atoms. The molecule has 0 amide bonds. The van der Waals surface area contributed by atoms with Crippen molar-refractivity contribution in [2.75, 3.05) is 5.32 Å². The molecule has 0 spiro atoms. The number of nitriles is 2. The van der Waals surface area contributed by atoms with Crippen LogP contribution in [0.3, 0.4) is 0 Å². The number of nitrogens with zero attached hydrogens (tertiary/aromatic N) is 2. The van der Waals surface area contributed by atoms with Crippen molar-refractivity contribution in [2.24, 2.45) is 0 Å². The first-order valence-electron chi connectivity index (χ1n) is 5.30. The molecule has 0 atom stereocenters. The number of benzene rings is 2. The molecule has 0 heterocycles. The van der Waals surface area contributed by atoms with Gasteiger partial charge in [-0.2, -0.15) is 10.5 Å².